The number of hydrogen-bond donors (Lipinski definition) is 2. The molecule has 2 heterocycles. The number of aromatic nitrogens is 2. The third-order valence-electron chi connectivity index (χ3n) is 2.89. The number of rotatable bonds is 2. The lowest BCUT2D eigenvalue weighted by molar-refractivity contribution is 0.475. The number of fused-ring (bicyclic) bond motifs is 1. The number of benzene rings is 1. The highest BCUT2D eigenvalue weighted by Gasteiger charge is 2.05. The van der Waals surface area contributed by atoms with E-state index in [0.29, 0.717) is 0 Å². The number of nitrogens with zero attached hydrogens (tertiary/aromatic N) is 2. The third kappa shape index (κ3) is 2.56. The van der Waals surface area contributed by atoms with Crippen molar-refractivity contribution in [1.82, 2.24) is 9.38 Å². The van der Waals surface area contributed by atoms with Crippen LogP contribution in [0, 0.1) is 0 Å². The molecule has 5 heteroatoms. The molecular weight excluding hydrogens is 306 g/mol. The maximum atomic E-state index is 9.49. The first-order valence-corrected chi connectivity index (χ1v) is 5.72. The van der Waals surface area contributed by atoms with Gasteiger partial charge in [-0.1, -0.05) is 12.1 Å². The molecule has 2 aromatic heterocycles. The van der Waals surface area contributed by atoms with Crippen molar-refractivity contribution in [3.05, 3.63) is 48.8 Å². The molecule has 0 spiro atoms. The monoisotopic (exact) mass is 319 g/mol. The van der Waals surface area contributed by atoms with E-state index in [0.717, 1.165) is 22.6 Å². The fourth-order valence-corrected chi connectivity index (χ4v) is 1.94. The maximum Gasteiger partial charge on any atom is 0.139 e. The van der Waals surface area contributed by atoms with Crippen molar-refractivity contribution >= 4 is 28.3 Å². The van der Waals surface area contributed by atoms with Gasteiger partial charge in [-0.2, -0.15) is 0 Å². The first-order valence-electron chi connectivity index (χ1n) is 5.72. The molecule has 0 unspecified atom stereocenters. The zero-order chi connectivity index (χ0) is 12.5. The van der Waals surface area contributed by atoms with Gasteiger partial charge in [-0.3, -0.25) is 0 Å². The van der Waals surface area contributed by atoms with Crippen molar-refractivity contribution in [1.29, 1.82) is 0 Å². The van der Waals surface area contributed by atoms with Crippen LogP contribution in [-0.2, 0) is 0 Å². The van der Waals surface area contributed by atoms with Gasteiger partial charge in [-0.05, 0) is 18.2 Å². The number of hydrogen-bond acceptors (Lipinski definition) is 3. The van der Waals surface area contributed by atoms with Crippen LogP contribution in [0.25, 0.3) is 16.9 Å². The first kappa shape index (κ1) is 13.4. The number of phenolic OH excluding ortho intramolecular Hbond substituents is 1. The van der Waals surface area contributed by atoms with Gasteiger partial charge in [0.25, 0.3) is 0 Å². The molecule has 0 aliphatic carbocycles. The number of anilines is 1. The minimum atomic E-state index is 0. The number of aromatic hydroxyl groups is 1. The van der Waals surface area contributed by atoms with E-state index in [2.05, 4.69) is 10.3 Å². The Kier molecular flexibility index (Phi) is 3.76. The minimum Gasteiger partial charge on any atom is -0.508 e. The van der Waals surface area contributed by atoms with Crippen LogP contribution in [0.1, 0.15) is 0 Å². The molecule has 0 radical (unpaired) electrons. The molecule has 1 aromatic carbocycles. The molecule has 0 fully saturated rings. The van der Waals surface area contributed by atoms with Crippen molar-refractivity contribution in [3.63, 3.8) is 0 Å². The Morgan fingerprint density at radius 1 is 1.21 bits per heavy atom. The molecule has 0 saturated heterocycles. The van der Waals surface area contributed by atoms with E-state index in [1.54, 1.807) is 12.1 Å². The second-order valence-corrected chi connectivity index (χ2v) is 4.11. The molecule has 0 aliphatic heterocycles. The van der Waals surface area contributed by atoms with Crippen LogP contribution in [0.15, 0.2) is 48.8 Å². The zero-order valence-corrected chi connectivity index (χ0v) is 12.1. The Hall–Kier alpha value is -2.01. The summed E-state index contributed by atoms with van der Waals surface area (Å²) in [6, 6.07) is 11.1. The summed E-state index contributed by atoms with van der Waals surface area (Å²) in [5.74, 6) is 0.250. The topological polar surface area (TPSA) is 49.6 Å². The Morgan fingerprint density at radius 3 is 2.79 bits per heavy atom. The van der Waals surface area contributed by atoms with Crippen LogP contribution in [0.5, 0.6) is 5.75 Å². The van der Waals surface area contributed by atoms with E-state index in [-0.39, 0.29) is 22.7 Å². The third-order valence-corrected chi connectivity index (χ3v) is 2.89. The van der Waals surface area contributed by atoms with Gasteiger partial charge in [0.15, 0.2) is 0 Å². The summed E-state index contributed by atoms with van der Waals surface area (Å²) in [5, 5.41) is 12.6. The highest BCUT2D eigenvalue weighted by molar-refractivity contribution is 8.93. The lowest BCUT2D eigenvalue weighted by atomic mass is 10.2. The fraction of sp³-hybridized carbons (Fsp3) is 0.0714. The van der Waals surface area contributed by atoms with Crippen LogP contribution in [-0.4, -0.2) is 21.5 Å². The van der Waals surface area contributed by atoms with Gasteiger partial charge in [-0.25, -0.2) is 4.98 Å². The molecule has 3 aromatic rings. The van der Waals surface area contributed by atoms with Crippen LogP contribution >= 0.6 is 17.0 Å². The predicted molar refractivity (Wildman–Crippen MR) is 82.2 cm³/mol. The van der Waals surface area contributed by atoms with E-state index < -0.39 is 0 Å². The van der Waals surface area contributed by atoms with Crippen molar-refractivity contribution in [3.8, 4) is 17.0 Å². The molecule has 3 rings (SSSR count). The van der Waals surface area contributed by atoms with Crippen LogP contribution in [0.3, 0.4) is 0 Å². The summed E-state index contributed by atoms with van der Waals surface area (Å²) in [5.41, 5.74) is 3.65. The molecule has 0 amide bonds. The van der Waals surface area contributed by atoms with E-state index in [1.165, 1.54) is 0 Å². The van der Waals surface area contributed by atoms with Crippen molar-refractivity contribution in [2.24, 2.45) is 0 Å². The Morgan fingerprint density at radius 2 is 2.05 bits per heavy atom. The molecule has 0 aliphatic rings. The highest BCUT2D eigenvalue weighted by Crippen LogP contribution is 2.23. The number of halogens is 1. The SMILES string of the molecule is Br.CNc1ccn2cc(-c3cccc(O)c3)nc2c1. The molecule has 19 heavy (non-hydrogen) atoms. The van der Waals surface area contributed by atoms with E-state index >= 15 is 0 Å². The number of phenols is 1. The van der Waals surface area contributed by atoms with Crippen LogP contribution in [0.4, 0.5) is 5.69 Å². The van der Waals surface area contributed by atoms with Gasteiger partial charge in [0.2, 0.25) is 0 Å². The molecular formula is C14H14BrN3O. The summed E-state index contributed by atoms with van der Waals surface area (Å²) in [6.07, 6.45) is 3.91. The van der Waals surface area contributed by atoms with Crippen molar-refractivity contribution in [2.45, 2.75) is 0 Å². The standard InChI is InChI=1S/C14H13N3O.BrH/c1-15-11-5-6-17-9-13(16-14(17)8-11)10-3-2-4-12(18)7-10;/h2-9,15,18H,1H3;1H. The van der Waals surface area contributed by atoms with Gasteiger partial charge < -0.3 is 14.8 Å². The molecule has 0 saturated carbocycles. The quantitative estimate of drug-likeness (QED) is 0.761. The van der Waals surface area contributed by atoms with Gasteiger partial charge in [0.1, 0.15) is 11.4 Å². The van der Waals surface area contributed by atoms with Gasteiger partial charge in [-0.15, -0.1) is 17.0 Å². The second-order valence-electron chi connectivity index (χ2n) is 4.11. The average Bonchev–Trinajstić information content (AvgIpc) is 2.81. The van der Waals surface area contributed by atoms with Gasteiger partial charge >= 0.3 is 0 Å². The molecule has 4 nitrogen and oxygen atoms in total. The molecule has 0 bridgehead atoms. The van der Waals surface area contributed by atoms with E-state index in [4.69, 9.17) is 0 Å². The van der Waals surface area contributed by atoms with Crippen LogP contribution in [0.2, 0.25) is 0 Å². The largest absolute Gasteiger partial charge is 0.508 e. The number of pyridine rings is 1. The van der Waals surface area contributed by atoms with Gasteiger partial charge in [0, 0.05) is 36.8 Å². The fourth-order valence-electron chi connectivity index (χ4n) is 1.94. The smallest absolute Gasteiger partial charge is 0.139 e. The number of imidazole rings is 1. The summed E-state index contributed by atoms with van der Waals surface area (Å²) < 4.78 is 1.96. The Balaban J connectivity index is 0.00000133. The normalized spacial score (nSPS) is 10.2. The second kappa shape index (κ2) is 5.32. The van der Waals surface area contributed by atoms with Crippen LogP contribution < -0.4 is 5.32 Å². The summed E-state index contributed by atoms with van der Waals surface area (Å²) in [7, 11) is 1.88. The average molecular weight is 320 g/mol. The molecule has 0 atom stereocenters. The zero-order valence-electron chi connectivity index (χ0n) is 10.4. The Bertz CT molecular complexity index is 709. The summed E-state index contributed by atoms with van der Waals surface area (Å²) >= 11 is 0. The lowest BCUT2D eigenvalue weighted by Crippen LogP contribution is -1.89. The highest BCUT2D eigenvalue weighted by atomic mass is 79.9. The van der Waals surface area contributed by atoms with E-state index in [9.17, 15) is 5.11 Å². The van der Waals surface area contributed by atoms with Crippen molar-refractivity contribution < 1.29 is 5.11 Å². The molecule has 98 valence electrons. The Labute approximate surface area is 121 Å². The van der Waals surface area contributed by atoms with E-state index in [1.807, 2.05) is 48.1 Å². The first-order chi connectivity index (χ1) is 8.76. The minimum absolute atomic E-state index is 0. The van der Waals surface area contributed by atoms with Crippen molar-refractivity contribution in [2.75, 3.05) is 12.4 Å². The summed E-state index contributed by atoms with van der Waals surface area (Å²) in [6.45, 7) is 0. The molecule has 2 N–H and O–H groups in total. The summed E-state index contributed by atoms with van der Waals surface area (Å²) in [4.78, 5) is 4.54. The lowest BCUT2D eigenvalue weighted by Gasteiger charge is -1.98. The van der Waals surface area contributed by atoms with Gasteiger partial charge in [0.05, 0.1) is 5.69 Å². The maximum absolute atomic E-state index is 9.49. The predicted octanol–water partition coefficient (Wildman–Crippen LogP) is 3.33. The number of nitrogens with one attached hydrogen (secondary N) is 1.